The lowest BCUT2D eigenvalue weighted by molar-refractivity contribution is -0.130. The number of carbonyl (C=O) groups is 2. The number of fused-ring (bicyclic) bond motifs is 1. The number of pyridine rings is 1. The van der Waals surface area contributed by atoms with Crippen LogP contribution in [0.1, 0.15) is 56.1 Å². The third kappa shape index (κ3) is 4.29. The van der Waals surface area contributed by atoms with E-state index in [1.54, 1.807) is 13.0 Å². The number of aromatic nitrogens is 1. The second-order valence-electron chi connectivity index (χ2n) is 7.76. The molecule has 1 aromatic carbocycles. The Morgan fingerprint density at radius 3 is 2.74 bits per heavy atom. The molecule has 1 saturated carbocycles. The summed E-state index contributed by atoms with van der Waals surface area (Å²) in [5, 5.41) is 3.81. The van der Waals surface area contributed by atoms with Crippen LogP contribution in [-0.2, 0) is 9.53 Å². The first-order chi connectivity index (χ1) is 12.9. The fourth-order valence-corrected chi connectivity index (χ4v) is 3.84. The van der Waals surface area contributed by atoms with Crippen LogP contribution >= 0.6 is 0 Å². The lowest BCUT2D eigenvalue weighted by Gasteiger charge is -2.35. The number of carbonyl (C=O) groups excluding carboxylic acids is 2. The number of amides is 1. The summed E-state index contributed by atoms with van der Waals surface area (Å²) < 4.78 is 5.49. The van der Waals surface area contributed by atoms with Crippen LogP contribution < -0.4 is 5.32 Å². The lowest BCUT2D eigenvalue weighted by atomic mass is 9.78. The van der Waals surface area contributed by atoms with Gasteiger partial charge >= 0.3 is 5.97 Å². The molecule has 0 bridgehead atoms. The topological polar surface area (TPSA) is 68.3 Å². The van der Waals surface area contributed by atoms with Crippen molar-refractivity contribution in [3.05, 3.63) is 41.6 Å². The summed E-state index contributed by atoms with van der Waals surface area (Å²) in [6.07, 6.45) is 2.46. The molecule has 2 aromatic rings. The summed E-state index contributed by atoms with van der Waals surface area (Å²) in [6.45, 7) is 7.87. The van der Waals surface area contributed by atoms with Crippen molar-refractivity contribution in [2.75, 3.05) is 0 Å². The van der Waals surface area contributed by atoms with Gasteiger partial charge in [0.2, 0.25) is 0 Å². The standard InChI is InChI=1S/C22H28N2O3/c1-13-8-7-11-19(15(13)3)24-21(25)16(4)27-22(26)18-12-14(2)23-20-10-6-5-9-17(18)20/h5-6,9-10,12-13,15-16,19H,7-8,11H2,1-4H3,(H,24,25)/t13-,15-,16-,19+/m0/s1. The van der Waals surface area contributed by atoms with Crippen molar-refractivity contribution in [2.45, 2.75) is 59.1 Å². The molecule has 1 aliphatic rings. The zero-order chi connectivity index (χ0) is 19.6. The Balaban J connectivity index is 1.70. The van der Waals surface area contributed by atoms with E-state index in [0.717, 1.165) is 29.4 Å². The molecule has 1 N–H and O–H groups in total. The van der Waals surface area contributed by atoms with E-state index in [1.807, 2.05) is 31.2 Å². The van der Waals surface area contributed by atoms with Gasteiger partial charge in [0.15, 0.2) is 6.10 Å². The number of hydrogen-bond acceptors (Lipinski definition) is 4. The molecule has 1 amide bonds. The van der Waals surface area contributed by atoms with Gasteiger partial charge in [-0.25, -0.2) is 4.79 Å². The van der Waals surface area contributed by atoms with Gasteiger partial charge in [0, 0.05) is 17.1 Å². The maximum Gasteiger partial charge on any atom is 0.339 e. The molecule has 5 heteroatoms. The van der Waals surface area contributed by atoms with E-state index in [0.29, 0.717) is 17.4 Å². The average Bonchev–Trinajstić information content (AvgIpc) is 2.64. The molecule has 1 aromatic heterocycles. The minimum atomic E-state index is -0.839. The highest BCUT2D eigenvalue weighted by Gasteiger charge is 2.30. The van der Waals surface area contributed by atoms with Gasteiger partial charge in [-0.15, -0.1) is 0 Å². The molecular formula is C22H28N2O3. The van der Waals surface area contributed by atoms with Crippen molar-refractivity contribution in [1.82, 2.24) is 10.3 Å². The molecule has 0 saturated heterocycles. The Bertz CT molecular complexity index is 849. The maximum absolute atomic E-state index is 12.7. The molecule has 0 radical (unpaired) electrons. The summed E-state index contributed by atoms with van der Waals surface area (Å²) in [7, 11) is 0. The Hall–Kier alpha value is -2.43. The SMILES string of the molecule is Cc1cc(C(=O)O[C@@H](C)C(=O)N[C@@H]2CCC[C@H](C)[C@@H]2C)c2ccccc2n1. The zero-order valence-corrected chi connectivity index (χ0v) is 16.5. The van der Waals surface area contributed by atoms with E-state index in [2.05, 4.69) is 24.1 Å². The number of esters is 1. The molecular weight excluding hydrogens is 340 g/mol. The molecule has 0 aliphatic heterocycles. The van der Waals surface area contributed by atoms with Crippen LogP contribution in [0, 0.1) is 18.8 Å². The molecule has 0 unspecified atom stereocenters. The highest BCUT2D eigenvalue weighted by Crippen LogP contribution is 2.29. The number of nitrogens with one attached hydrogen (secondary N) is 1. The second kappa shape index (κ2) is 8.07. The highest BCUT2D eigenvalue weighted by atomic mass is 16.5. The van der Waals surface area contributed by atoms with Gasteiger partial charge in [0.05, 0.1) is 11.1 Å². The number of para-hydroxylation sites is 1. The quantitative estimate of drug-likeness (QED) is 0.828. The van der Waals surface area contributed by atoms with E-state index >= 15 is 0 Å². The Kier molecular flexibility index (Phi) is 5.78. The van der Waals surface area contributed by atoms with Crippen LogP contribution in [0.2, 0.25) is 0 Å². The maximum atomic E-state index is 12.7. The Morgan fingerprint density at radius 2 is 1.96 bits per heavy atom. The molecule has 1 heterocycles. The first kappa shape index (κ1) is 19.3. The number of ether oxygens (including phenoxy) is 1. The fourth-order valence-electron chi connectivity index (χ4n) is 3.84. The number of hydrogen-bond donors (Lipinski definition) is 1. The van der Waals surface area contributed by atoms with Crippen molar-refractivity contribution in [2.24, 2.45) is 11.8 Å². The Labute approximate surface area is 160 Å². The smallest absolute Gasteiger partial charge is 0.339 e. The molecule has 27 heavy (non-hydrogen) atoms. The van der Waals surface area contributed by atoms with Gasteiger partial charge in [0.25, 0.3) is 5.91 Å². The predicted octanol–water partition coefficient (Wildman–Crippen LogP) is 4.03. The van der Waals surface area contributed by atoms with Crippen LogP contribution in [0.3, 0.4) is 0 Å². The first-order valence-corrected chi connectivity index (χ1v) is 9.74. The fraction of sp³-hybridized carbons (Fsp3) is 0.500. The van der Waals surface area contributed by atoms with Crippen molar-refractivity contribution >= 4 is 22.8 Å². The largest absolute Gasteiger partial charge is 0.449 e. The van der Waals surface area contributed by atoms with Crippen LogP contribution in [0.4, 0.5) is 0 Å². The second-order valence-corrected chi connectivity index (χ2v) is 7.76. The minimum Gasteiger partial charge on any atom is -0.449 e. The zero-order valence-electron chi connectivity index (χ0n) is 16.5. The Morgan fingerprint density at radius 1 is 1.22 bits per heavy atom. The molecule has 4 atom stereocenters. The molecule has 0 spiro atoms. The normalized spacial score (nSPS) is 23.6. The van der Waals surface area contributed by atoms with Gasteiger partial charge in [-0.3, -0.25) is 9.78 Å². The van der Waals surface area contributed by atoms with Crippen LogP contribution in [-0.4, -0.2) is 29.0 Å². The molecule has 1 fully saturated rings. The van der Waals surface area contributed by atoms with E-state index in [9.17, 15) is 9.59 Å². The van der Waals surface area contributed by atoms with Crippen LogP contribution in [0.15, 0.2) is 30.3 Å². The van der Waals surface area contributed by atoms with E-state index in [4.69, 9.17) is 4.74 Å². The number of aryl methyl sites for hydroxylation is 1. The summed E-state index contributed by atoms with van der Waals surface area (Å²) in [5.41, 5.74) is 1.92. The van der Waals surface area contributed by atoms with Crippen molar-refractivity contribution in [3.8, 4) is 0 Å². The lowest BCUT2D eigenvalue weighted by Crippen LogP contribution is -2.47. The molecule has 5 nitrogen and oxygen atoms in total. The molecule has 3 rings (SSSR count). The molecule has 1 aliphatic carbocycles. The van der Waals surface area contributed by atoms with Gasteiger partial charge in [0.1, 0.15) is 0 Å². The van der Waals surface area contributed by atoms with Crippen LogP contribution in [0.25, 0.3) is 10.9 Å². The number of benzene rings is 1. The highest BCUT2D eigenvalue weighted by molar-refractivity contribution is 6.04. The third-order valence-electron chi connectivity index (χ3n) is 5.75. The van der Waals surface area contributed by atoms with E-state index in [1.165, 1.54) is 6.42 Å². The first-order valence-electron chi connectivity index (χ1n) is 9.74. The van der Waals surface area contributed by atoms with E-state index < -0.39 is 12.1 Å². The monoisotopic (exact) mass is 368 g/mol. The average molecular weight is 368 g/mol. The third-order valence-corrected chi connectivity index (χ3v) is 5.75. The molecule has 144 valence electrons. The van der Waals surface area contributed by atoms with Crippen molar-refractivity contribution in [1.29, 1.82) is 0 Å². The predicted molar refractivity (Wildman–Crippen MR) is 105 cm³/mol. The van der Waals surface area contributed by atoms with Gasteiger partial charge < -0.3 is 10.1 Å². The van der Waals surface area contributed by atoms with Gasteiger partial charge in [-0.2, -0.15) is 0 Å². The summed E-state index contributed by atoms with van der Waals surface area (Å²) in [4.78, 5) is 29.7. The van der Waals surface area contributed by atoms with Gasteiger partial charge in [-0.1, -0.05) is 44.9 Å². The van der Waals surface area contributed by atoms with E-state index in [-0.39, 0.29) is 11.9 Å². The number of rotatable bonds is 4. The summed E-state index contributed by atoms with van der Waals surface area (Å²) in [5.74, 6) is 0.291. The van der Waals surface area contributed by atoms with Gasteiger partial charge in [-0.05, 0) is 44.2 Å². The number of nitrogens with zero attached hydrogens (tertiary/aromatic N) is 1. The van der Waals surface area contributed by atoms with Crippen LogP contribution in [0.5, 0.6) is 0 Å². The van der Waals surface area contributed by atoms with Crippen molar-refractivity contribution in [3.63, 3.8) is 0 Å². The minimum absolute atomic E-state index is 0.145. The summed E-state index contributed by atoms with van der Waals surface area (Å²) in [6, 6.07) is 9.30. The van der Waals surface area contributed by atoms with Crippen molar-refractivity contribution < 1.29 is 14.3 Å². The summed E-state index contributed by atoms with van der Waals surface area (Å²) >= 11 is 0.